The number of allylic oxidation sites excluding steroid dienone is 1. The van der Waals surface area contributed by atoms with Crippen LogP contribution in [-0.4, -0.2) is 17.2 Å². The Labute approximate surface area is 127 Å². The molecule has 1 unspecified atom stereocenters. The number of aromatic amines is 1. The summed E-state index contributed by atoms with van der Waals surface area (Å²) in [5, 5.41) is 21.9. The van der Waals surface area contributed by atoms with E-state index < -0.39 is 0 Å². The number of aromatic nitrogens is 2. The maximum absolute atomic E-state index is 9.59. The van der Waals surface area contributed by atoms with E-state index in [4.69, 9.17) is 4.74 Å². The largest absolute Gasteiger partial charge is 0.420 e. The monoisotopic (exact) mass is 300 g/mol. The molecule has 2 aromatic rings. The first kappa shape index (κ1) is 13.7. The second kappa shape index (κ2) is 5.62. The van der Waals surface area contributed by atoms with Crippen LogP contribution in [0.3, 0.4) is 0 Å². The van der Waals surface area contributed by atoms with Crippen molar-refractivity contribution in [2.24, 2.45) is 0 Å². The van der Waals surface area contributed by atoms with Crippen molar-refractivity contribution in [3.8, 4) is 11.9 Å². The van der Waals surface area contributed by atoms with Gasteiger partial charge in [-0.1, -0.05) is 19.4 Å². The number of thiophene rings is 1. The van der Waals surface area contributed by atoms with Gasteiger partial charge in [-0.2, -0.15) is 5.26 Å². The third-order valence-corrected chi connectivity index (χ3v) is 4.48. The molecule has 0 fully saturated rings. The van der Waals surface area contributed by atoms with E-state index in [1.807, 2.05) is 11.4 Å². The molecule has 0 bridgehead atoms. The van der Waals surface area contributed by atoms with Crippen molar-refractivity contribution in [2.75, 3.05) is 7.05 Å². The lowest BCUT2D eigenvalue weighted by Crippen LogP contribution is -2.23. The number of nitriles is 1. The molecule has 108 valence electrons. The summed E-state index contributed by atoms with van der Waals surface area (Å²) in [6.07, 6.45) is 1.90. The number of aryl methyl sites for hydroxylation is 1. The van der Waals surface area contributed by atoms with Gasteiger partial charge in [-0.05, 0) is 17.9 Å². The van der Waals surface area contributed by atoms with Crippen LogP contribution in [0.5, 0.6) is 5.88 Å². The summed E-state index contributed by atoms with van der Waals surface area (Å²) >= 11 is 1.64. The molecule has 2 N–H and O–H groups in total. The predicted molar refractivity (Wildman–Crippen MR) is 81.1 cm³/mol. The second-order valence-corrected chi connectivity index (χ2v) is 5.81. The molecular formula is C15H16N4OS. The Hall–Kier alpha value is -2.26. The quantitative estimate of drug-likeness (QED) is 0.910. The number of ether oxygens (including phenoxy) is 1. The molecule has 5 nitrogen and oxygen atoms in total. The fourth-order valence-corrected chi connectivity index (χ4v) is 3.50. The molecule has 0 aromatic carbocycles. The zero-order valence-electron chi connectivity index (χ0n) is 11.9. The first-order valence-corrected chi connectivity index (χ1v) is 7.78. The molecule has 0 aliphatic carbocycles. The molecule has 1 aliphatic rings. The predicted octanol–water partition coefficient (Wildman–Crippen LogP) is 2.90. The SMILES string of the molecule is CCCc1[nH]nc2c1C(c1cccs1)C(C#N)=C(NC)O2. The number of nitrogens with zero attached hydrogens (tertiary/aromatic N) is 2. The van der Waals surface area contributed by atoms with E-state index in [2.05, 4.69) is 34.6 Å². The van der Waals surface area contributed by atoms with Crippen LogP contribution in [0.4, 0.5) is 0 Å². The van der Waals surface area contributed by atoms with Crippen molar-refractivity contribution < 1.29 is 4.74 Å². The molecule has 2 aromatic heterocycles. The number of fused-ring (bicyclic) bond motifs is 1. The Bertz CT molecular complexity index is 709. The van der Waals surface area contributed by atoms with Crippen LogP contribution in [0.25, 0.3) is 0 Å². The molecule has 21 heavy (non-hydrogen) atoms. The highest BCUT2D eigenvalue weighted by Crippen LogP contribution is 2.44. The molecule has 0 amide bonds. The van der Waals surface area contributed by atoms with E-state index >= 15 is 0 Å². The lowest BCUT2D eigenvalue weighted by Gasteiger charge is -2.24. The number of hydrogen-bond acceptors (Lipinski definition) is 5. The highest BCUT2D eigenvalue weighted by Gasteiger charge is 2.35. The minimum Gasteiger partial charge on any atom is -0.420 e. The van der Waals surface area contributed by atoms with Crippen LogP contribution in [0, 0.1) is 11.3 Å². The highest BCUT2D eigenvalue weighted by molar-refractivity contribution is 7.10. The van der Waals surface area contributed by atoms with Crippen molar-refractivity contribution in [2.45, 2.75) is 25.7 Å². The van der Waals surface area contributed by atoms with Gasteiger partial charge >= 0.3 is 0 Å². The molecule has 0 saturated heterocycles. The van der Waals surface area contributed by atoms with Crippen LogP contribution in [0.1, 0.15) is 35.4 Å². The summed E-state index contributed by atoms with van der Waals surface area (Å²) in [6.45, 7) is 2.12. The molecule has 3 rings (SSSR count). The van der Waals surface area contributed by atoms with Gasteiger partial charge in [-0.3, -0.25) is 5.10 Å². The minimum atomic E-state index is -0.110. The summed E-state index contributed by atoms with van der Waals surface area (Å²) in [7, 11) is 1.75. The number of hydrogen-bond donors (Lipinski definition) is 2. The van der Waals surface area contributed by atoms with Crippen LogP contribution >= 0.6 is 11.3 Å². The van der Waals surface area contributed by atoms with Crippen molar-refractivity contribution in [1.29, 1.82) is 5.26 Å². The molecule has 0 spiro atoms. The van der Waals surface area contributed by atoms with Gasteiger partial charge in [0.15, 0.2) is 0 Å². The van der Waals surface area contributed by atoms with Crippen molar-refractivity contribution in [1.82, 2.24) is 15.5 Å². The zero-order chi connectivity index (χ0) is 14.8. The Morgan fingerprint density at radius 1 is 1.57 bits per heavy atom. The minimum absolute atomic E-state index is 0.110. The lowest BCUT2D eigenvalue weighted by atomic mass is 9.88. The highest BCUT2D eigenvalue weighted by atomic mass is 32.1. The Morgan fingerprint density at radius 3 is 3.05 bits per heavy atom. The zero-order valence-corrected chi connectivity index (χ0v) is 12.8. The number of rotatable bonds is 4. The normalized spacial score (nSPS) is 17.1. The second-order valence-electron chi connectivity index (χ2n) is 4.83. The fourth-order valence-electron chi connectivity index (χ4n) is 2.65. The number of nitrogens with one attached hydrogen (secondary N) is 2. The van der Waals surface area contributed by atoms with Gasteiger partial charge in [0.25, 0.3) is 0 Å². The van der Waals surface area contributed by atoms with Gasteiger partial charge < -0.3 is 10.1 Å². The standard InChI is InChI=1S/C15H16N4OS/c1-3-5-10-13-12(11-6-4-7-21-11)9(8-16)14(17-2)20-15(13)19-18-10/h4,6-7,12,17H,3,5H2,1-2H3,(H,18,19). The summed E-state index contributed by atoms with van der Waals surface area (Å²) in [6, 6.07) is 6.36. The van der Waals surface area contributed by atoms with E-state index in [0.717, 1.165) is 29.0 Å². The van der Waals surface area contributed by atoms with Crippen molar-refractivity contribution in [3.05, 3.63) is 45.1 Å². The summed E-state index contributed by atoms with van der Waals surface area (Å²) in [5.41, 5.74) is 2.65. The van der Waals surface area contributed by atoms with Gasteiger partial charge in [0.05, 0.1) is 11.5 Å². The summed E-state index contributed by atoms with van der Waals surface area (Å²) in [4.78, 5) is 1.13. The van der Waals surface area contributed by atoms with Gasteiger partial charge in [0.1, 0.15) is 11.6 Å². The maximum atomic E-state index is 9.59. The van der Waals surface area contributed by atoms with Gasteiger partial charge in [0.2, 0.25) is 11.8 Å². The third-order valence-electron chi connectivity index (χ3n) is 3.54. The molecule has 0 radical (unpaired) electrons. The average Bonchev–Trinajstić information content (AvgIpc) is 3.15. The fraction of sp³-hybridized carbons (Fsp3) is 0.333. The van der Waals surface area contributed by atoms with Gasteiger partial charge in [-0.25, -0.2) is 0 Å². The third kappa shape index (κ3) is 2.20. The molecule has 0 saturated carbocycles. The first-order valence-electron chi connectivity index (χ1n) is 6.90. The smallest absolute Gasteiger partial charge is 0.244 e. The van der Waals surface area contributed by atoms with E-state index in [1.165, 1.54) is 0 Å². The topological polar surface area (TPSA) is 73.7 Å². The molecule has 1 aliphatic heterocycles. The van der Waals surface area contributed by atoms with E-state index in [9.17, 15) is 5.26 Å². The molecule has 1 atom stereocenters. The number of H-pyrrole nitrogens is 1. The Balaban J connectivity index is 2.19. The average molecular weight is 300 g/mol. The summed E-state index contributed by atoms with van der Waals surface area (Å²) in [5.74, 6) is 0.944. The van der Waals surface area contributed by atoms with Gasteiger partial charge in [-0.15, -0.1) is 16.4 Å². The van der Waals surface area contributed by atoms with Crippen LogP contribution in [0.2, 0.25) is 0 Å². The van der Waals surface area contributed by atoms with Crippen molar-refractivity contribution >= 4 is 11.3 Å². The molecular weight excluding hydrogens is 284 g/mol. The molecule has 3 heterocycles. The van der Waals surface area contributed by atoms with E-state index in [1.54, 1.807) is 18.4 Å². The summed E-state index contributed by atoms with van der Waals surface area (Å²) < 4.78 is 5.75. The molecule has 6 heteroatoms. The van der Waals surface area contributed by atoms with Crippen LogP contribution in [0.15, 0.2) is 29.0 Å². The maximum Gasteiger partial charge on any atom is 0.244 e. The van der Waals surface area contributed by atoms with E-state index in [-0.39, 0.29) is 5.92 Å². The van der Waals surface area contributed by atoms with Gasteiger partial charge in [0, 0.05) is 17.6 Å². The Kier molecular flexibility index (Phi) is 3.67. The lowest BCUT2D eigenvalue weighted by molar-refractivity contribution is 0.354. The van der Waals surface area contributed by atoms with Crippen LogP contribution < -0.4 is 10.1 Å². The first-order chi connectivity index (χ1) is 10.3. The van der Waals surface area contributed by atoms with Crippen molar-refractivity contribution in [3.63, 3.8) is 0 Å². The van der Waals surface area contributed by atoms with E-state index in [0.29, 0.717) is 17.3 Å². The Morgan fingerprint density at radius 2 is 2.43 bits per heavy atom. The van der Waals surface area contributed by atoms with Crippen LogP contribution in [-0.2, 0) is 6.42 Å².